The van der Waals surface area contributed by atoms with E-state index in [1.807, 2.05) is 0 Å². The van der Waals surface area contributed by atoms with Crippen LogP contribution in [-0.4, -0.2) is 38.1 Å². The molecule has 1 aliphatic heterocycles. The SMILES string of the molecule is COc1ccccc1C(=O)NC(=O)COC(=O)C1=Cc2cc(Cl)ccc2OC1. The molecule has 28 heavy (non-hydrogen) atoms. The topological polar surface area (TPSA) is 90.9 Å². The summed E-state index contributed by atoms with van der Waals surface area (Å²) in [5.41, 5.74) is 1.07. The highest BCUT2D eigenvalue weighted by Gasteiger charge is 2.21. The highest BCUT2D eigenvalue weighted by atomic mass is 35.5. The van der Waals surface area contributed by atoms with Gasteiger partial charge in [0.05, 0.1) is 18.2 Å². The second-order valence-electron chi connectivity index (χ2n) is 5.79. The van der Waals surface area contributed by atoms with Gasteiger partial charge in [0.2, 0.25) is 0 Å². The largest absolute Gasteiger partial charge is 0.496 e. The Hall–Kier alpha value is -3.32. The van der Waals surface area contributed by atoms with Gasteiger partial charge in [-0.25, -0.2) is 4.79 Å². The van der Waals surface area contributed by atoms with Gasteiger partial charge in [-0.2, -0.15) is 0 Å². The van der Waals surface area contributed by atoms with Crippen LogP contribution in [0.4, 0.5) is 0 Å². The van der Waals surface area contributed by atoms with Crippen LogP contribution in [0.2, 0.25) is 5.02 Å². The van der Waals surface area contributed by atoms with E-state index in [0.717, 1.165) is 0 Å². The molecule has 1 N–H and O–H groups in total. The van der Waals surface area contributed by atoms with Gasteiger partial charge in [-0.3, -0.25) is 14.9 Å². The van der Waals surface area contributed by atoms with Gasteiger partial charge in [-0.15, -0.1) is 0 Å². The zero-order valence-electron chi connectivity index (χ0n) is 14.9. The second-order valence-corrected chi connectivity index (χ2v) is 6.23. The molecule has 0 bridgehead atoms. The number of imide groups is 1. The van der Waals surface area contributed by atoms with Crippen molar-refractivity contribution >= 4 is 35.5 Å². The fourth-order valence-corrected chi connectivity index (χ4v) is 2.73. The Morgan fingerprint density at radius 1 is 1.18 bits per heavy atom. The summed E-state index contributed by atoms with van der Waals surface area (Å²) in [6, 6.07) is 11.5. The lowest BCUT2D eigenvalue weighted by Gasteiger charge is -2.17. The van der Waals surface area contributed by atoms with Gasteiger partial charge >= 0.3 is 5.97 Å². The summed E-state index contributed by atoms with van der Waals surface area (Å²) < 4.78 is 15.5. The molecule has 0 saturated heterocycles. The summed E-state index contributed by atoms with van der Waals surface area (Å²) in [5.74, 6) is -1.20. The first-order valence-corrected chi connectivity index (χ1v) is 8.63. The number of esters is 1. The normalized spacial score (nSPS) is 12.1. The number of methoxy groups -OCH3 is 1. The molecule has 0 atom stereocenters. The molecule has 1 heterocycles. The summed E-state index contributed by atoms with van der Waals surface area (Å²) in [4.78, 5) is 36.3. The van der Waals surface area contributed by atoms with Crippen molar-refractivity contribution in [1.82, 2.24) is 5.32 Å². The van der Waals surface area contributed by atoms with Crippen molar-refractivity contribution in [3.05, 3.63) is 64.2 Å². The highest BCUT2D eigenvalue weighted by molar-refractivity contribution is 6.30. The van der Waals surface area contributed by atoms with Crippen molar-refractivity contribution in [2.24, 2.45) is 0 Å². The van der Waals surface area contributed by atoms with Gasteiger partial charge in [0.1, 0.15) is 18.1 Å². The minimum absolute atomic E-state index is 0.00916. The van der Waals surface area contributed by atoms with Crippen LogP contribution in [0.5, 0.6) is 11.5 Å². The molecule has 0 fully saturated rings. The monoisotopic (exact) mass is 401 g/mol. The van der Waals surface area contributed by atoms with Crippen molar-refractivity contribution in [3.63, 3.8) is 0 Å². The molecule has 0 radical (unpaired) electrons. The number of rotatable bonds is 5. The lowest BCUT2D eigenvalue weighted by Crippen LogP contribution is -2.34. The number of hydrogen-bond acceptors (Lipinski definition) is 6. The number of carbonyl (C=O) groups excluding carboxylic acids is 3. The van der Waals surface area contributed by atoms with Crippen molar-refractivity contribution in [1.29, 1.82) is 0 Å². The lowest BCUT2D eigenvalue weighted by molar-refractivity contribution is -0.144. The lowest BCUT2D eigenvalue weighted by atomic mass is 10.1. The number of halogens is 1. The minimum atomic E-state index is -0.759. The first-order valence-electron chi connectivity index (χ1n) is 8.25. The van der Waals surface area contributed by atoms with Gasteiger partial charge in [0, 0.05) is 10.6 Å². The Labute approximate surface area is 165 Å². The number of fused-ring (bicyclic) bond motifs is 1. The molecule has 0 aliphatic carbocycles. The van der Waals surface area contributed by atoms with E-state index in [-0.39, 0.29) is 17.7 Å². The Kier molecular flexibility index (Phi) is 5.96. The molecule has 2 amide bonds. The van der Waals surface area contributed by atoms with Gasteiger partial charge in [-0.1, -0.05) is 23.7 Å². The number of para-hydroxylation sites is 1. The number of nitrogens with one attached hydrogen (secondary N) is 1. The van der Waals surface area contributed by atoms with E-state index in [1.165, 1.54) is 13.2 Å². The average Bonchev–Trinajstić information content (AvgIpc) is 2.71. The van der Waals surface area contributed by atoms with Crippen LogP contribution in [0.25, 0.3) is 6.08 Å². The first-order chi connectivity index (χ1) is 13.5. The Morgan fingerprint density at radius 3 is 2.75 bits per heavy atom. The Balaban J connectivity index is 1.57. The second kappa shape index (κ2) is 8.58. The average molecular weight is 402 g/mol. The van der Waals surface area contributed by atoms with Crippen molar-refractivity contribution in [2.45, 2.75) is 0 Å². The Bertz CT molecular complexity index is 969. The molecular formula is C20H16ClNO6. The molecule has 2 aromatic rings. The molecule has 0 spiro atoms. The van der Waals surface area contributed by atoms with E-state index in [1.54, 1.807) is 42.5 Å². The maximum atomic E-state index is 12.2. The molecule has 0 unspecified atom stereocenters. The number of ether oxygens (including phenoxy) is 3. The fourth-order valence-electron chi connectivity index (χ4n) is 2.55. The maximum absolute atomic E-state index is 12.2. The van der Waals surface area contributed by atoms with Crippen LogP contribution < -0.4 is 14.8 Å². The van der Waals surface area contributed by atoms with Crippen LogP contribution >= 0.6 is 11.6 Å². The quantitative estimate of drug-likeness (QED) is 0.774. The van der Waals surface area contributed by atoms with Crippen LogP contribution in [-0.2, 0) is 14.3 Å². The molecule has 8 heteroatoms. The molecule has 2 aromatic carbocycles. The summed E-state index contributed by atoms with van der Waals surface area (Å²) in [7, 11) is 1.42. The molecule has 0 saturated carbocycles. The number of hydrogen-bond donors (Lipinski definition) is 1. The van der Waals surface area contributed by atoms with Gasteiger partial charge in [0.15, 0.2) is 6.61 Å². The highest BCUT2D eigenvalue weighted by Crippen LogP contribution is 2.29. The Morgan fingerprint density at radius 2 is 1.96 bits per heavy atom. The summed E-state index contributed by atoms with van der Waals surface area (Å²) in [6.07, 6.45) is 1.59. The molecule has 3 rings (SSSR count). The van der Waals surface area contributed by atoms with Crippen LogP contribution in [0.15, 0.2) is 48.0 Å². The van der Waals surface area contributed by atoms with E-state index in [2.05, 4.69) is 5.32 Å². The van der Waals surface area contributed by atoms with Crippen LogP contribution in [0.1, 0.15) is 15.9 Å². The summed E-state index contributed by atoms with van der Waals surface area (Å²) in [6.45, 7) is -0.602. The number of carbonyl (C=O) groups is 3. The van der Waals surface area contributed by atoms with Gasteiger partial charge in [-0.05, 0) is 36.4 Å². The molecule has 144 valence electrons. The summed E-state index contributed by atoms with van der Waals surface area (Å²) in [5, 5.41) is 2.65. The smallest absolute Gasteiger partial charge is 0.338 e. The van der Waals surface area contributed by atoms with E-state index >= 15 is 0 Å². The molecule has 0 aromatic heterocycles. The maximum Gasteiger partial charge on any atom is 0.338 e. The van der Waals surface area contributed by atoms with E-state index in [0.29, 0.717) is 22.1 Å². The van der Waals surface area contributed by atoms with Crippen molar-refractivity contribution in [2.75, 3.05) is 20.3 Å². The van der Waals surface area contributed by atoms with E-state index in [4.69, 9.17) is 25.8 Å². The standard InChI is InChI=1S/C20H16ClNO6/c1-26-17-5-3-2-4-15(17)19(24)22-18(23)11-28-20(25)13-8-12-9-14(21)6-7-16(12)27-10-13/h2-9H,10-11H2,1H3,(H,22,23,24). The van der Waals surface area contributed by atoms with E-state index < -0.39 is 24.4 Å². The number of amides is 2. The van der Waals surface area contributed by atoms with Gasteiger partial charge in [0.25, 0.3) is 11.8 Å². The molecule has 7 nitrogen and oxygen atoms in total. The predicted molar refractivity (Wildman–Crippen MR) is 101 cm³/mol. The first kappa shape index (κ1) is 19.4. The molecule has 1 aliphatic rings. The third-order valence-electron chi connectivity index (χ3n) is 3.89. The summed E-state index contributed by atoms with van der Waals surface area (Å²) >= 11 is 5.93. The fraction of sp³-hybridized carbons (Fsp3) is 0.150. The zero-order valence-corrected chi connectivity index (χ0v) is 15.6. The number of benzene rings is 2. The third-order valence-corrected chi connectivity index (χ3v) is 4.12. The van der Waals surface area contributed by atoms with E-state index in [9.17, 15) is 14.4 Å². The van der Waals surface area contributed by atoms with Crippen LogP contribution in [0, 0.1) is 0 Å². The molecular weight excluding hydrogens is 386 g/mol. The van der Waals surface area contributed by atoms with Crippen LogP contribution in [0.3, 0.4) is 0 Å². The zero-order chi connectivity index (χ0) is 20.1. The van der Waals surface area contributed by atoms with Crippen molar-refractivity contribution < 1.29 is 28.6 Å². The minimum Gasteiger partial charge on any atom is -0.496 e. The van der Waals surface area contributed by atoms with Gasteiger partial charge < -0.3 is 14.2 Å². The van der Waals surface area contributed by atoms with Crippen molar-refractivity contribution in [3.8, 4) is 11.5 Å². The third kappa shape index (κ3) is 4.50. The predicted octanol–water partition coefficient (Wildman–Crippen LogP) is 2.62.